The third-order valence-corrected chi connectivity index (χ3v) is 4.15. The summed E-state index contributed by atoms with van der Waals surface area (Å²) < 4.78 is 34.8. The summed E-state index contributed by atoms with van der Waals surface area (Å²) in [4.78, 5) is 10.0. The number of nitrogens with two attached hydrogens (primary N) is 1. The number of ether oxygens (including phenoxy) is 1. The van der Waals surface area contributed by atoms with Gasteiger partial charge in [0.05, 0.1) is 17.1 Å². The molecule has 2 aromatic carbocycles. The van der Waals surface area contributed by atoms with E-state index in [2.05, 4.69) is 0 Å². The van der Waals surface area contributed by atoms with Gasteiger partial charge in [-0.1, -0.05) is 0 Å². The molecule has 0 spiro atoms. The van der Waals surface area contributed by atoms with Gasteiger partial charge in [0.1, 0.15) is 22.1 Å². The van der Waals surface area contributed by atoms with Crippen molar-refractivity contribution in [3.63, 3.8) is 0 Å². The Morgan fingerprint density at radius 1 is 1.08 bits per heavy atom. The van der Waals surface area contributed by atoms with Gasteiger partial charge in [-0.15, -0.1) is 0 Å². The van der Waals surface area contributed by atoms with E-state index in [4.69, 9.17) is 14.7 Å². The van der Waals surface area contributed by atoms with Crippen molar-refractivity contribution < 1.29 is 22.3 Å². The average molecular weight is 352 g/mol. The Labute approximate surface area is 139 Å². The number of nitrogen functional groups attached to an aromatic ring is 1. The van der Waals surface area contributed by atoms with Gasteiger partial charge in [-0.05, 0) is 50.2 Å². The second-order valence-corrected chi connectivity index (χ2v) is 6.70. The van der Waals surface area contributed by atoms with Crippen LogP contribution in [0.25, 0.3) is 0 Å². The smallest absolute Gasteiger partial charge is 0.339 e. The van der Waals surface area contributed by atoms with Crippen LogP contribution < -0.4 is 14.7 Å². The van der Waals surface area contributed by atoms with Gasteiger partial charge in [-0.25, -0.2) is 0 Å². The number of benzene rings is 2. The van der Waals surface area contributed by atoms with Gasteiger partial charge >= 0.3 is 10.1 Å². The topological polar surface area (TPSA) is 122 Å². The highest BCUT2D eigenvalue weighted by molar-refractivity contribution is 7.87. The zero-order valence-electron chi connectivity index (χ0n) is 13.0. The fourth-order valence-corrected chi connectivity index (χ4v) is 2.79. The van der Waals surface area contributed by atoms with Crippen LogP contribution in [0, 0.1) is 10.1 Å². The van der Waals surface area contributed by atoms with Crippen LogP contribution in [0.5, 0.6) is 11.5 Å². The molecule has 0 radical (unpaired) electrons. The molecule has 0 amide bonds. The molecule has 128 valence electrons. The van der Waals surface area contributed by atoms with E-state index >= 15 is 0 Å². The maximum Gasteiger partial charge on any atom is 0.339 e. The first-order valence-electron chi connectivity index (χ1n) is 6.94. The van der Waals surface area contributed by atoms with E-state index in [1.807, 2.05) is 13.8 Å². The fraction of sp³-hybridized carbons (Fsp3) is 0.200. The lowest BCUT2D eigenvalue weighted by atomic mass is 10.2. The number of anilines is 1. The van der Waals surface area contributed by atoms with Crippen molar-refractivity contribution in [2.45, 2.75) is 24.8 Å². The molecular weight excluding hydrogens is 336 g/mol. The lowest BCUT2D eigenvalue weighted by molar-refractivity contribution is -0.383. The van der Waals surface area contributed by atoms with Gasteiger partial charge < -0.3 is 14.7 Å². The van der Waals surface area contributed by atoms with Crippen molar-refractivity contribution in [3.05, 3.63) is 52.6 Å². The highest BCUT2D eigenvalue weighted by Crippen LogP contribution is 2.28. The molecule has 0 heterocycles. The summed E-state index contributed by atoms with van der Waals surface area (Å²) in [6.07, 6.45) is -0.0426. The van der Waals surface area contributed by atoms with Crippen LogP contribution in [0.4, 0.5) is 11.4 Å². The quantitative estimate of drug-likeness (QED) is 0.367. The van der Waals surface area contributed by atoms with Gasteiger partial charge in [0, 0.05) is 0 Å². The van der Waals surface area contributed by atoms with E-state index in [1.165, 1.54) is 36.4 Å². The highest BCUT2D eigenvalue weighted by atomic mass is 32.2. The molecule has 0 fully saturated rings. The van der Waals surface area contributed by atoms with Crippen LogP contribution in [-0.2, 0) is 10.1 Å². The number of nitro groups is 1. The van der Waals surface area contributed by atoms with E-state index in [0.29, 0.717) is 5.75 Å². The molecular formula is C15H16N2O6S. The number of nitrogens with zero attached hydrogens (tertiary/aromatic N) is 1. The van der Waals surface area contributed by atoms with Gasteiger partial charge in [0.15, 0.2) is 0 Å². The molecule has 0 aromatic heterocycles. The normalized spacial score (nSPS) is 11.3. The predicted molar refractivity (Wildman–Crippen MR) is 87.5 cm³/mol. The standard InChI is InChI=1S/C15H16N2O6S/c1-10(2)22-11-3-6-13(7-4-11)24(20,21)23-12-5-8-14(16)15(9-12)17(18)19/h3-10H,16H2,1-2H3. The highest BCUT2D eigenvalue weighted by Gasteiger charge is 2.20. The number of nitro benzene ring substituents is 1. The van der Waals surface area contributed by atoms with Crippen molar-refractivity contribution in [2.75, 3.05) is 5.73 Å². The molecule has 0 unspecified atom stereocenters. The zero-order valence-corrected chi connectivity index (χ0v) is 13.8. The summed E-state index contributed by atoms with van der Waals surface area (Å²) in [6, 6.07) is 9.09. The summed E-state index contributed by atoms with van der Waals surface area (Å²) in [6.45, 7) is 3.70. The molecule has 2 rings (SSSR count). The molecule has 8 nitrogen and oxygen atoms in total. The molecule has 9 heteroatoms. The Hall–Kier alpha value is -2.81. The maximum atomic E-state index is 12.2. The Kier molecular flexibility index (Phi) is 4.93. The van der Waals surface area contributed by atoms with Crippen molar-refractivity contribution in [1.29, 1.82) is 0 Å². The summed E-state index contributed by atoms with van der Waals surface area (Å²) in [5.41, 5.74) is 4.95. The Morgan fingerprint density at radius 2 is 1.67 bits per heavy atom. The number of hydrogen-bond donors (Lipinski definition) is 1. The van der Waals surface area contributed by atoms with Crippen LogP contribution in [0.1, 0.15) is 13.8 Å². The van der Waals surface area contributed by atoms with Crippen LogP contribution in [0.15, 0.2) is 47.4 Å². The Bertz CT molecular complexity index is 847. The summed E-state index contributed by atoms with van der Waals surface area (Å²) in [5, 5.41) is 10.8. The van der Waals surface area contributed by atoms with E-state index < -0.39 is 20.7 Å². The summed E-state index contributed by atoms with van der Waals surface area (Å²) in [5.74, 6) is 0.325. The summed E-state index contributed by atoms with van der Waals surface area (Å²) in [7, 11) is -4.13. The minimum absolute atomic E-state index is 0.0426. The van der Waals surface area contributed by atoms with Crippen molar-refractivity contribution >= 4 is 21.5 Å². The van der Waals surface area contributed by atoms with Gasteiger partial charge in [-0.2, -0.15) is 8.42 Å². The average Bonchev–Trinajstić information content (AvgIpc) is 2.48. The molecule has 0 aliphatic carbocycles. The van der Waals surface area contributed by atoms with E-state index in [9.17, 15) is 18.5 Å². The second-order valence-electron chi connectivity index (χ2n) is 5.15. The van der Waals surface area contributed by atoms with Crippen molar-refractivity contribution in [2.24, 2.45) is 0 Å². The molecule has 0 aliphatic heterocycles. The molecule has 2 aromatic rings. The van der Waals surface area contributed by atoms with Crippen LogP contribution in [0.2, 0.25) is 0 Å². The fourth-order valence-electron chi connectivity index (χ4n) is 1.87. The monoisotopic (exact) mass is 352 g/mol. The lowest BCUT2D eigenvalue weighted by Crippen LogP contribution is -2.10. The Morgan fingerprint density at radius 3 is 2.21 bits per heavy atom. The van der Waals surface area contributed by atoms with Crippen molar-refractivity contribution in [1.82, 2.24) is 0 Å². The Balaban J connectivity index is 2.25. The first kappa shape index (κ1) is 17.5. The van der Waals surface area contributed by atoms with Gasteiger partial charge in [0.25, 0.3) is 5.69 Å². The van der Waals surface area contributed by atoms with Crippen LogP contribution in [0.3, 0.4) is 0 Å². The number of rotatable bonds is 6. The van der Waals surface area contributed by atoms with Gasteiger partial charge in [-0.3, -0.25) is 10.1 Å². The first-order chi connectivity index (χ1) is 11.2. The molecule has 2 N–H and O–H groups in total. The summed E-state index contributed by atoms with van der Waals surface area (Å²) >= 11 is 0. The third-order valence-electron chi connectivity index (χ3n) is 2.89. The minimum atomic E-state index is -4.13. The molecule has 24 heavy (non-hydrogen) atoms. The SMILES string of the molecule is CC(C)Oc1ccc(S(=O)(=O)Oc2ccc(N)c([N+](=O)[O-])c2)cc1. The minimum Gasteiger partial charge on any atom is -0.491 e. The van der Waals surface area contributed by atoms with Gasteiger partial charge in [0.2, 0.25) is 0 Å². The molecule has 0 atom stereocenters. The zero-order chi connectivity index (χ0) is 17.9. The van der Waals surface area contributed by atoms with Crippen LogP contribution in [-0.4, -0.2) is 19.4 Å². The van der Waals surface area contributed by atoms with E-state index in [1.54, 1.807) is 0 Å². The molecule has 0 bridgehead atoms. The molecule has 0 saturated heterocycles. The first-order valence-corrected chi connectivity index (χ1v) is 8.35. The largest absolute Gasteiger partial charge is 0.491 e. The second kappa shape index (κ2) is 6.75. The van der Waals surface area contributed by atoms with Crippen LogP contribution >= 0.6 is 0 Å². The van der Waals surface area contributed by atoms with E-state index in [0.717, 1.165) is 6.07 Å². The predicted octanol–water partition coefficient (Wildman–Crippen LogP) is 2.73. The lowest BCUT2D eigenvalue weighted by Gasteiger charge is -2.11. The third kappa shape index (κ3) is 4.13. The maximum absolute atomic E-state index is 12.2. The number of hydrogen-bond acceptors (Lipinski definition) is 7. The molecule has 0 aliphatic rings. The van der Waals surface area contributed by atoms with E-state index in [-0.39, 0.29) is 22.4 Å². The van der Waals surface area contributed by atoms with Crippen molar-refractivity contribution in [3.8, 4) is 11.5 Å². The molecule has 0 saturated carbocycles.